The number of unbranched alkanes of at least 4 members (excludes halogenated alkanes) is 4. The maximum atomic E-state index is 11.8. The standard InChI is InChI=1S/C15H22BrNO/c1-2-3-4-5-6-11-17-15(18)14-9-7-13(12-16)8-10-14/h7-10H,2-6,11-12H2,1H3,(H,17,18). The van der Waals surface area contributed by atoms with Crippen LogP contribution in [0.15, 0.2) is 24.3 Å². The van der Waals surface area contributed by atoms with Gasteiger partial charge in [0.15, 0.2) is 0 Å². The monoisotopic (exact) mass is 311 g/mol. The van der Waals surface area contributed by atoms with Crippen molar-refractivity contribution in [3.63, 3.8) is 0 Å². The Hall–Kier alpha value is -0.830. The number of hydrogen-bond acceptors (Lipinski definition) is 1. The summed E-state index contributed by atoms with van der Waals surface area (Å²) in [5.74, 6) is 0.0339. The Labute approximate surface area is 118 Å². The van der Waals surface area contributed by atoms with Crippen LogP contribution in [-0.4, -0.2) is 12.5 Å². The zero-order valence-corrected chi connectivity index (χ0v) is 12.6. The molecule has 3 heteroatoms. The number of alkyl halides is 1. The van der Waals surface area contributed by atoms with Crippen LogP contribution in [-0.2, 0) is 5.33 Å². The van der Waals surface area contributed by atoms with Crippen molar-refractivity contribution in [2.24, 2.45) is 0 Å². The van der Waals surface area contributed by atoms with Gasteiger partial charge in [0.05, 0.1) is 0 Å². The van der Waals surface area contributed by atoms with Gasteiger partial charge in [-0.05, 0) is 24.1 Å². The maximum Gasteiger partial charge on any atom is 0.251 e. The second kappa shape index (κ2) is 9.15. The lowest BCUT2D eigenvalue weighted by molar-refractivity contribution is 0.0953. The van der Waals surface area contributed by atoms with E-state index >= 15 is 0 Å². The highest BCUT2D eigenvalue weighted by Crippen LogP contribution is 2.08. The van der Waals surface area contributed by atoms with Crippen molar-refractivity contribution in [2.75, 3.05) is 6.54 Å². The number of benzene rings is 1. The summed E-state index contributed by atoms with van der Waals surface area (Å²) in [6.45, 7) is 2.99. The van der Waals surface area contributed by atoms with Gasteiger partial charge in [-0.3, -0.25) is 4.79 Å². The lowest BCUT2D eigenvalue weighted by Crippen LogP contribution is -2.24. The third-order valence-corrected chi connectivity index (χ3v) is 3.58. The van der Waals surface area contributed by atoms with Crippen LogP contribution in [0.1, 0.15) is 54.9 Å². The summed E-state index contributed by atoms with van der Waals surface area (Å²) in [7, 11) is 0. The van der Waals surface area contributed by atoms with E-state index in [2.05, 4.69) is 28.2 Å². The Bertz CT molecular complexity index is 348. The van der Waals surface area contributed by atoms with Gasteiger partial charge >= 0.3 is 0 Å². The normalized spacial score (nSPS) is 10.3. The number of rotatable bonds is 8. The van der Waals surface area contributed by atoms with Crippen molar-refractivity contribution in [3.05, 3.63) is 35.4 Å². The van der Waals surface area contributed by atoms with Crippen molar-refractivity contribution in [2.45, 2.75) is 44.4 Å². The van der Waals surface area contributed by atoms with E-state index in [0.29, 0.717) is 0 Å². The number of halogens is 1. The van der Waals surface area contributed by atoms with Crippen molar-refractivity contribution in [3.8, 4) is 0 Å². The van der Waals surface area contributed by atoms with Gasteiger partial charge in [-0.1, -0.05) is 60.7 Å². The maximum absolute atomic E-state index is 11.8. The molecule has 0 bridgehead atoms. The van der Waals surface area contributed by atoms with Gasteiger partial charge in [0.1, 0.15) is 0 Å². The van der Waals surface area contributed by atoms with Gasteiger partial charge in [-0.15, -0.1) is 0 Å². The van der Waals surface area contributed by atoms with E-state index in [0.717, 1.165) is 23.9 Å². The molecule has 0 fully saturated rings. The molecular formula is C15H22BrNO. The summed E-state index contributed by atoms with van der Waals surface area (Å²) in [4.78, 5) is 11.8. The van der Waals surface area contributed by atoms with Gasteiger partial charge in [0.25, 0.3) is 5.91 Å². The molecule has 0 saturated carbocycles. The van der Waals surface area contributed by atoms with E-state index < -0.39 is 0 Å². The molecule has 0 unspecified atom stereocenters. The zero-order chi connectivity index (χ0) is 13.2. The highest BCUT2D eigenvalue weighted by atomic mass is 79.9. The summed E-state index contributed by atoms with van der Waals surface area (Å²) in [5.41, 5.74) is 1.93. The van der Waals surface area contributed by atoms with Crippen LogP contribution in [0.5, 0.6) is 0 Å². The summed E-state index contributed by atoms with van der Waals surface area (Å²) >= 11 is 3.39. The van der Waals surface area contributed by atoms with E-state index in [1.54, 1.807) is 0 Å². The first-order valence-electron chi connectivity index (χ1n) is 6.71. The first-order chi connectivity index (χ1) is 8.77. The SMILES string of the molecule is CCCCCCCNC(=O)c1ccc(CBr)cc1. The van der Waals surface area contributed by atoms with Crippen LogP contribution in [0.3, 0.4) is 0 Å². The van der Waals surface area contributed by atoms with Crippen molar-refractivity contribution < 1.29 is 4.79 Å². The van der Waals surface area contributed by atoms with Crippen molar-refractivity contribution in [1.82, 2.24) is 5.32 Å². The van der Waals surface area contributed by atoms with Gasteiger partial charge in [0.2, 0.25) is 0 Å². The summed E-state index contributed by atoms with van der Waals surface area (Å²) in [6, 6.07) is 7.71. The van der Waals surface area contributed by atoms with Crippen molar-refractivity contribution >= 4 is 21.8 Å². The fourth-order valence-electron chi connectivity index (χ4n) is 1.78. The average molecular weight is 312 g/mol. The molecule has 0 saturated heterocycles. The molecule has 0 aliphatic rings. The molecule has 100 valence electrons. The Balaban J connectivity index is 2.23. The molecule has 0 aliphatic heterocycles. The smallest absolute Gasteiger partial charge is 0.251 e. The highest BCUT2D eigenvalue weighted by molar-refractivity contribution is 9.08. The first-order valence-corrected chi connectivity index (χ1v) is 7.83. The lowest BCUT2D eigenvalue weighted by atomic mass is 10.1. The molecule has 1 amide bonds. The summed E-state index contributed by atoms with van der Waals surface area (Å²) in [6.07, 6.45) is 6.10. The van der Waals surface area contributed by atoms with E-state index in [9.17, 15) is 4.79 Å². The Morgan fingerprint density at radius 1 is 1.11 bits per heavy atom. The quantitative estimate of drug-likeness (QED) is 0.563. The molecule has 1 rings (SSSR count). The molecule has 0 radical (unpaired) electrons. The fraction of sp³-hybridized carbons (Fsp3) is 0.533. The Morgan fingerprint density at radius 2 is 1.78 bits per heavy atom. The molecule has 0 spiro atoms. The Morgan fingerprint density at radius 3 is 2.39 bits per heavy atom. The third kappa shape index (κ3) is 5.67. The highest BCUT2D eigenvalue weighted by Gasteiger charge is 2.03. The van der Waals surface area contributed by atoms with E-state index in [-0.39, 0.29) is 5.91 Å². The van der Waals surface area contributed by atoms with Crippen LogP contribution in [0.2, 0.25) is 0 Å². The minimum Gasteiger partial charge on any atom is -0.352 e. The molecule has 0 atom stereocenters. The van der Waals surface area contributed by atoms with E-state index in [1.807, 2.05) is 24.3 Å². The van der Waals surface area contributed by atoms with Crippen LogP contribution < -0.4 is 5.32 Å². The molecule has 1 N–H and O–H groups in total. The molecule has 0 aliphatic carbocycles. The number of hydrogen-bond donors (Lipinski definition) is 1. The fourth-order valence-corrected chi connectivity index (χ4v) is 2.15. The van der Waals surface area contributed by atoms with Crippen LogP contribution in [0.4, 0.5) is 0 Å². The van der Waals surface area contributed by atoms with Gasteiger partial charge in [-0.25, -0.2) is 0 Å². The van der Waals surface area contributed by atoms with Crippen LogP contribution in [0.25, 0.3) is 0 Å². The minimum atomic E-state index is 0.0339. The molecule has 0 aromatic heterocycles. The predicted molar refractivity (Wildman–Crippen MR) is 80.2 cm³/mol. The molecule has 18 heavy (non-hydrogen) atoms. The molecular weight excluding hydrogens is 290 g/mol. The van der Waals surface area contributed by atoms with Crippen LogP contribution >= 0.6 is 15.9 Å². The number of amides is 1. The summed E-state index contributed by atoms with van der Waals surface area (Å²) in [5, 5.41) is 3.79. The average Bonchev–Trinajstić information content (AvgIpc) is 2.42. The summed E-state index contributed by atoms with van der Waals surface area (Å²) < 4.78 is 0. The van der Waals surface area contributed by atoms with Gasteiger partial charge in [-0.2, -0.15) is 0 Å². The minimum absolute atomic E-state index is 0.0339. The number of nitrogens with one attached hydrogen (secondary N) is 1. The first kappa shape index (κ1) is 15.2. The van der Waals surface area contributed by atoms with Crippen LogP contribution in [0, 0.1) is 0 Å². The molecule has 0 heterocycles. The third-order valence-electron chi connectivity index (χ3n) is 2.94. The topological polar surface area (TPSA) is 29.1 Å². The second-order valence-electron chi connectivity index (χ2n) is 4.50. The second-order valence-corrected chi connectivity index (χ2v) is 5.06. The van der Waals surface area contributed by atoms with Gasteiger partial charge < -0.3 is 5.32 Å². The number of carbonyl (C=O) groups excluding carboxylic acids is 1. The van der Waals surface area contributed by atoms with E-state index in [1.165, 1.54) is 31.2 Å². The molecule has 1 aromatic rings. The largest absolute Gasteiger partial charge is 0.352 e. The van der Waals surface area contributed by atoms with Crippen molar-refractivity contribution in [1.29, 1.82) is 0 Å². The molecule has 1 aromatic carbocycles. The number of carbonyl (C=O) groups is 1. The molecule has 2 nitrogen and oxygen atoms in total. The zero-order valence-electron chi connectivity index (χ0n) is 11.0. The lowest BCUT2D eigenvalue weighted by Gasteiger charge is -2.05. The predicted octanol–water partition coefficient (Wildman–Crippen LogP) is 4.28. The van der Waals surface area contributed by atoms with E-state index in [4.69, 9.17) is 0 Å². The van der Waals surface area contributed by atoms with Gasteiger partial charge in [0, 0.05) is 17.4 Å². The Kier molecular flexibility index (Phi) is 7.74.